The predicted octanol–water partition coefficient (Wildman–Crippen LogP) is 4.89. The molecule has 1 unspecified atom stereocenters. The van der Waals surface area contributed by atoms with Gasteiger partial charge in [0.25, 0.3) is 0 Å². The Morgan fingerprint density at radius 2 is 1.76 bits per heavy atom. The predicted molar refractivity (Wildman–Crippen MR) is 107 cm³/mol. The van der Waals surface area contributed by atoms with Crippen LogP contribution in [-0.4, -0.2) is 18.3 Å². The molecule has 0 amide bonds. The molecule has 0 aliphatic heterocycles. The van der Waals surface area contributed by atoms with E-state index in [2.05, 4.69) is 36.6 Å². The molecule has 5 rings (SSSR count). The van der Waals surface area contributed by atoms with Gasteiger partial charge in [0.1, 0.15) is 5.75 Å². The Hall–Kier alpha value is -1.29. The SMILES string of the molecule is COc1ccc(C)cc1NC(=S)NC(C)C12CC3CC(CC(C3)C1)C2. The largest absolute Gasteiger partial charge is 0.495 e. The molecule has 4 heteroatoms. The van der Waals surface area contributed by atoms with Crippen LogP contribution in [0, 0.1) is 30.1 Å². The second-order valence-electron chi connectivity index (χ2n) is 8.80. The summed E-state index contributed by atoms with van der Waals surface area (Å²) >= 11 is 5.64. The van der Waals surface area contributed by atoms with Crippen LogP contribution < -0.4 is 15.4 Å². The third kappa shape index (κ3) is 3.25. The fraction of sp³-hybridized carbons (Fsp3) is 0.667. The molecule has 136 valence electrons. The number of methoxy groups -OCH3 is 1. The summed E-state index contributed by atoms with van der Waals surface area (Å²) in [5.74, 6) is 3.73. The second kappa shape index (κ2) is 6.46. The molecule has 0 heterocycles. The van der Waals surface area contributed by atoms with Gasteiger partial charge >= 0.3 is 0 Å². The van der Waals surface area contributed by atoms with Gasteiger partial charge in [-0.15, -0.1) is 0 Å². The number of hydrogen-bond donors (Lipinski definition) is 2. The van der Waals surface area contributed by atoms with E-state index in [0.29, 0.717) is 16.6 Å². The number of aryl methyl sites for hydroxylation is 1. The van der Waals surface area contributed by atoms with Gasteiger partial charge in [0.2, 0.25) is 0 Å². The van der Waals surface area contributed by atoms with Crippen molar-refractivity contribution in [1.29, 1.82) is 0 Å². The van der Waals surface area contributed by atoms with E-state index < -0.39 is 0 Å². The number of anilines is 1. The van der Waals surface area contributed by atoms with Crippen LogP contribution in [0.3, 0.4) is 0 Å². The minimum atomic E-state index is 0.428. The third-order valence-corrected chi connectivity index (χ3v) is 7.17. The van der Waals surface area contributed by atoms with Crippen LogP contribution in [0.1, 0.15) is 51.0 Å². The Balaban J connectivity index is 1.44. The number of thiocarbonyl (C=S) groups is 1. The third-order valence-electron chi connectivity index (χ3n) is 6.95. The van der Waals surface area contributed by atoms with Gasteiger partial charge in [-0.2, -0.15) is 0 Å². The van der Waals surface area contributed by atoms with E-state index >= 15 is 0 Å². The van der Waals surface area contributed by atoms with Crippen molar-refractivity contribution in [2.24, 2.45) is 23.2 Å². The van der Waals surface area contributed by atoms with E-state index in [9.17, 15) is 0 Å². The van der Waals surface area contributed by atoms with E-state index in [1.807, 2.05) is 6.07 Å². The molecule has 1 aromatic rings. The molecule has 4 aliphatic carbocycles. The maximum Gasteiger partial charge on any atom is 0.171 e. The first-order valence-corrected chi connectivity index (χ1v) is 10.1. The molecular weight excluding hydrogens is 328 g/mol. The lowest BCUT2D eigenvalue weighted by Crippen LogP contribution is -2.56. The topological polar surface area (TPSA) is 33.3 Å². The van der Waals surface area contributed by atoms with Crippen molar-refractivity contribution in [1.82, 2.24) is 5.32 Å². The normalized spacial score (nSPS) is 33.8. The number of benzene rings is 1. The van der Waals surface area contributed by atoms with E-state index in [0.717, 1.165) is 29.2 Å². The average molecular weight is 359 g/mol. The van der Waals surface area contributed by atoms with Crippen LogP contribution in [0.25, 0.3) is 0 Å². The molecule has 0 spiro atoms. The lowest BCUT2D eigenvalue weighted by molar-refractivity contribution is -0.0671. The van der Waals surface area contributed by atoms with Gasteiger partial charge in [0, 0.05) is 6.04 Å². The monoisotopic (exact) mass is 358 g/mol. The fourth-order valence-corrected chi connectivity index (χ4v) is 6.42. The first-order valence-electron chi connectivity index (χ1n) is 9.69. The van der Waals surface area contributed by atoms with Crippen LogP contribution in [0.15, 0.2) is 18.2 Å². The molecule has 4 saturated carbocycles. The van der Waals surface area contributed by atoms with E-state index in [1.54, 1.807) is 7.11 Å². The van der Waals surface area contributed by atoms with Gasteiger partial charge in [-0.3, -0.25) is 0 Å². The van der Waals surface area contributed by atoms with E-state index in [-0.39, 0.29) is 0 Å². The summed E-state index contributed by atoms with van der Waals surface area (Å²) in [4.78, 5) is 0. The van der Waals surface area contributed by atoms with Crippen molar-refractivity contribution in [3.05, 3.63) is 23.8 Å². The fourth-order valence-electron chi connectivity index (χ4n) is 6.14. The first-order chi connectivity index (χ1) is 12.0. The van der Waals surface area contributed by atoms with Gasteiger partial charge < -0.3 is 15.4 Å². The number of hydrogen-bond acceptors (Lipinski definition) is 2. The molecular formula is C21H30N2OS. The highest BCUT2D eigenvalue weighted by atomic mass is 32.1. The average Bonchev–Trinajstić information content (AvgIpc) is 2.53. The molecule has 0 saturated heterocycles. The Morgan fingerprint density at radius 3 is 2.32 bits per heavy atom. The second-order valence-corrected chi connectivity index (χ2v) is 9.21. The zero-order valence-corrected chi connectivity index (χ0v) is 16.4. The van der Waals surface area contributed by atoms with Crippen molar-refractivity contribution in [3.63, 3.8) is 0 Å². The van der Waals surface area contributed by atoms with Gasteiger partial charge in [-0.25, -0.2) is 0 Å². The first kappa shape index (κ1) is 17.1. The molecule has 1 aromatic carbocycles. The lowest BCUT2D eigenvalue weighted by atomic mass is 9.48. The highest BCUT2D eigenvalue weighted by molar-refractivity contribution is 7.80. The maximum atomic E-state index is 5.64. The van der Waals surface area contributed by atoms with Gasteiger partial charge in [-0.1, -0.05) is 6.07 Å². The summed E-state index contributed by atoms with van der Waals surface area (Å²) in [7, 11) is 1.70. The zero-order chi connectivity index (χ0) is 17.6. The highest BCUT2D eigenvalue weighted by Crippen LogP contribution is 2.61. The van der Waals surface area contributed by atoms with Crippen molar-refractivity contribution in [3.8, 4) is 5.75 Å². The number of rotatable bonds is 4. The summed E-state index contributed by atoms with van der Waals surface area (Å²) in [6.07, 6.45) is 8.62. The van der Waals surface area contributed by atoms with Crippen LogP contribution in [0.5, 0.6) is 5.75 Å². The summed E-state index contributed by atoms with van der Waals surface area (Å²) in [6.45, 7) is 4.42. The molecule has 4 aliphatic rings. The molecule has 3 nitrogen and oxygen atoms in total. The highest BCUT2D eigenvalue weighted by Gasteiger charge is 2.53. The summed E-state index contributed by atoms with van der Waals surface area (Å²) in [5, 5.41) is 7.70. The Labute approximate surface area is 156 Å². The van der Waals surface area contributed by atoms with E-state index in [4.69, 9.17) is 17.0 Å². The summed E-state index contributed by atoms with van der Waals surface area (Å²) < 4.78 is 5.46. The summed E-state index contributed by atoms with van der Waals surface area (Å²) in [6, 6.07) is 6.56. The zero-order valence-electron chi connectivity index (χ0n) is 15.6. The molecule has 0 radical (unpaired) electrons. The molecule has 0 aromatic heterocycles. The molecule has 25 heavy (non-hydrogen) atoms. The Morgan fingerprint density at radius 1 is 1.16 bits per heavy atom. The van der Waals surface area contributed by atoms with Crippen LogP contribution in [0.4, 0.5) is 5.69 Å². The molecule has 2 N–H and O–H groups in total. The maximum absolute atomic E-state index is 5.64. The quantitative estimate of drug-likeness (QED) is 0.751. The van der Waals surface area contributed by atoms with Crippen LogP contribution >= 0.6 is 12.2 Å². The van der Waals surface area contributed by atoms with Crippen molar-refractivity contribution in [2.75, 3.05) is 12.4 Å². The Kier molecular flexibility index (Phi) is 4.43. The van der Waals surface area contributed by atoms with Gasteiger partial charge in [0.05, 0.1) is 12.8 Å². The standard InChI is InChI=1S/C21H30N2OS/c1-13-4-5-19(24-3)18(6-13)23-20(25)22-14(2)21-10-15-7-16(11-21)9-17(8-15)12-21/h4-6,14-17H,7-12H2,1-3H3,(H2,22,23,25). The lowest BCUT2D eigenvalue weighted by Gasteiger charge is -2.59. The van der Waals surface area contributed by atoms with Crippen LogP contribution in [0.2, 0.25) is 0 Å². The van der Waals surface area contributed by atoms with E-state index in [1.165, 1.54) is 44.1 Å². The summed E-state index contributed by atoms with van der Waals surface area (Å²) in [5.41, 5.74) is 2.59. The van der Waals surface area contributed by atoms with Crippen molar-refractivity contribution >= 4 is 23.0 Å². The Bertz CT molecular complexity index is 637. The molecule has 4 bridgehead atoms. The number of nitrogens with one attached hydrogen (secondary N) is 2. The minimum Gasteiger partial charge on any atom is -0.495 e. The van der Waals surface area contributed by atoms with Crippen molar-refractivity contribution < 1.29 is 4.74 Å². The van der Waals surface area contributed by atoms with Gasteiger partial charge in [0.15, 0.2) is 5.11 Å². The smallest absolute Gasteiger partial charge is 0.171 e. The molecule has 4 fully saturated rings. The minimum absolute atomic E-state index is 0.428. The molecule has 1 atom stereocenters. The van der Waals surface area contributed by atoms with Gasteiger partial charge in [-0.05, 0) is 105 Å². The van der Waals surface area contributed by atoms with Crippen molar-refractivity contribution in [2.45, 2.75) is 58.4 Å². The number of ether oxygens (including phenoxy) is 1. The van der Waals surface area contributed by atoms with Crippen LogP contribution in [-0.2, 0) is 0 Å².